The van der Waals surface area contributed by atoms with Crippen molar-refractivity contribution in [1.82, 2.24) is 9.88 Å². The number of nitrogen functional groups attached to an aromatic ring is 1. The highest BCUT2D eigenvalue weighted by Gasteiger charge is 2.36. The third-order valence-electron chi connectivity index (χ3n) is 6.06. The van der Waals surface area contributed by atoms with Crippen molar-refractivity contribution in [2.24, 2.45) is 5.92 Å². The van der Waals surface area contributed by atoms with Crippen LogP contribution in [0.1, 0.15) is 18.4 Å². The number of aromatic nitrogens is 1. The Balaban J connectivity index is 1.49. The Morgan fingerprint density at radius 3 is 2.70 bits per heavy atom. The number of urea groups is 1. The summed E-state index contributed by atoms with van der Waals surface area (Å²) in [5.74, 6) is 0.619. The van der Waals surface area contributed by atoms with Crippen molar-refractivity contribution in [3.05, 3.63) is 35.9 Å². The number of nitrogens with two attached hydrogens (primary N) is 1. The molecule has 0 radical (unpaired) electrons. The minimum atomic E-state index is -4.21. The average molecular weight is 464 g/mol. The maximum absolute atomic E-state index is 12.7. The van der Waals surface area contributed by atoms with E-state index in [1.807, 2.05) is 25.1 Å². The van der Waals surface area contributed by atoms with Gasteiger partial charge in [-0.15, -0.1) is 0 Å². The number of anilines is 3. The number of benzene rings is 1. The lowest BCUT2D eigenvalue weighted by Crippen LogP contribution is -2.36. The Morgan fingerprint density at radius 2 is 1.97 bits per heavy atom. The highest BCUT2D eigenvalue weighted by molar-refractivity contribution is 5.91. The second-order valence-corrected chi connectivity index (χ2v) is 8.62. The van der Waals surface area contributed by atoms with E-state index < -0.39 is 24.5 Å². The highest BCUT2D eigenvalue weighted by Crippen LogP contribution is 2.32. The number of aryl methyl sites for hydroxylation is 1. The molecule has 2 aliphatic rings. The van der Waals surface area contributed by atoms with Crippen LogP contribution in [0.2, 0.25) is 0 Å². The number of morpholine rings is 1. The molecule has 4 rings (SSSR count). The van der Waals surface area contributed by atoms with Gasteiger partial charge >= 0.3 is 12.2 Å². The molecule has 2 saturated heterocycles. The number of nitrogens with zero attached hydrogens (tertiary/aromatic N) is 3. The third-order valence-corrected chi connectivity index (χ3v) is 6.06. The van der Waals surface area contributed by atoms with Crippen LogP contribution in [0.3, 0.4) is 0 Å². The Labute approximate surface area is 190 Å². The number of hydrogen-bond donors (Lipinski definition) is 2. The summed E-state index contributed by atoms with van der Waals surface area (Å²) in [5.41, 5.74) is 9.43. The SMILES string of the molecule is Cc1ccc(NC(=O)N2CC[C@@H](CC(F)(F)F)C2)cc1-c1cc(N)nc(N2CCOCC2)c1. The monoisotopic (exact) mass is 463 g/mol. The van der Waals surface area contributed by atoms with E-state index in [-0.39, 0.29) is 6.54 Å². The Kier molecular flexibility index (Phi) is 6.64. The number of halogens is 3. The van der Waals surface area contributed by atoms with Gasteiger partial charge in [0.2, 0.25) is 0 Å². The summed E-state index contributed by atoms with van der Waals surface area (Å²) in [4.78, 5) is 20.7. The summed E-state index contributed by atoms with van der Waals surface area (Å²) in [5, 5.41) is 2.83. The van der Waals surface area contributed by atoms with Gasteiger partial charge in [-0.25, -0.2) is 9.78 Å². The van der Waals surface area contributed by atoms with E-state index in [9.17, 15) is 18.0 Å². The van der Waals surface area contributed by atoms with Crippen molar-refractivity contribution in [2.75, 3.05) is 55.3 Å². The van der Waals surface area contributed by atoms with Crippen LogP contribution < -0.4 is 16.0 Å². The van der Waals surface area contributed by atoms with Crippen LogP contribution in [-0.4, -0.2) is 61.5 Å². The molecule has 2 amide bonds. The number of alkyl halides is 3. The van der Waals surface area contributed by atoms with Crippen LogP contribution in [0, 0.1) is 12.8 Å². The minimum absolute atomic E-state index is 0.105. The van der Waals surface area contributed by atoms with Crippen LogP contribution in [0.15, 0.2) is 30.3 Å². The van der Waals surface area contributed by atoms with Gasteiger partial charge in [0.1, 0.15) is 11.6 Å². The molecule has 0 saturated carbocycles. The first kappa shape index (κ1) is 23.2. The summed E-state index contributed by atoms with van der Waals surface area (Å²) in [6, 6.07) is 8.91. The number of hydrogen-bond acceptors (Lipinski definition) is 5. The molecule has 7 nitrogen and oxygen atoms in total. The lowest BCUT2D eigenvalue weighted by molar-refractivity contribution is -0.143. The normalized spacial score (nSPS) is 19.1. The Hall–Kier alpha value is -3.01. The van der Waals surface area contributed by atoms with Gasteiger partial charge in [0.15, 0.2) is 0 Å². The Bertz CT molecular complexity index is 1010. The molecule has 0 spiro atoms. The fourth-order valence-corrected chi connectivity index (χ4v) is 4.37. The third kappa shape index (κ3) is 5.87. The second-order valence-electron chi connectivity index (χ2n) is 8.62. The molecule has 3 N–H and O–H groups in total. The lowest BCUT2D eigenvalue weighted by atomic mass is 10.00. The molecule has 1 aromatic heterocycles. The zero-order chi connectivity index (χ0) is 23.6. The number of nitrogens with one attached hydrogen (secondary N) is 1. The van der Waals surface area contributed by atoms with E-state index in [2.05, 4.69) is 15.2 Å². The van der Waals surface area contributed by atoms with E-state index in [1.54, 1.807) is 12.1 Å². The topological polar surface area (TPSA) is 83.7 Å². The summed E-state index contributed by atoms with van der Waals surface area (Å²) < 4.78 is 43.4. The summed E-state index contributed by atoms with van der Waals surface area (Å²) in [6.07, 6.45) is -4.72. The number of pyridine rings is 1. The zero-order valence-electron chi connectivity index (χ0n) is 18.5. The number of rotatable bonds is 4. The van der Waals surface area contributed by atoms with E-state index in [0.29, 0.717) is 37.7 Å². The van der Waals surface area contributed by atoms with Crippen LogP contribution in [0.5, 0.6) is 0 Å². The molecule has 33 heavy (non-hydrogen) atoms. The van der Waals surface area contributed by atoms with Gasteiger partial charge in [-0.3, -0.25) is 0 Å². The van der Waals surface area contributed by atoms with E-state index >= 15 is 0 Å². The number of amides is 2. The second kappa shape index (κ2) is 9.46. The van der Waals surface area contributed by atoms with Crippen LogP contribution in [0.4, 0.5) is 35.3 Å². The van der Waals surface area contributed by atoms with Crippen molar-refractivity contribution < 1.29 is 22.7 Å². The van der Waals surface area contributed by atoms with Gasteiger partial charge < -0.3 is 25.6 Å². The van der Waals surface area contributed by atoms with Gasteiger partial charge in [0.25, 0.3) is 0 Å². The van der Waals surface area contributed by atoms with Gasteiger partial charge in [0.05, 0.1) is 13.2 Å². The fourth-order valence-electron chi connectivity index (χ4n) is 4.37. The van der Waals surface area contributed by atoms with Gasteiger partial charge in [-0.05, 0) is 60.2 Å². The number of likely N-dealkylation sites (tertiary alicyclic amines) is 1. The molecule has 178 valence electrons. The van der Waals surface area contributed by atoms with Crippen LogP contribution >= 0.6 is 0 Å². The quantitative estimate of drug-likeness (QED) is 0.707. The smallest absolute Gasteiger partial charge is 0.384 e. The largest absolute Gasteiger partial charge is 0.389 e. The van der Waals surface area contributed by atoms with Crippen molar-refractivity contribution in [1.29, 1.82) is 0 Å². The molecule has 2 aliphatic heterocycles. The number of ether oxygens (including phenoxy) is 1. The lowest BCUT2D eigenvalue weighted by Gasteiger charge is -2.28. The first-order valence-electron chi connectivity index (χ1n) is 11.0. The van der Waals surface area contributed by atoms with Crippen molar-refractivity contribution in [2.45, 2.75) is 25.9 Å². The fraction of sp³-hybridized carbons (Fsp3) is 0.478. The first-order valence-corrected chi connectivity index (χ1v) is 11.0. The van der Waals surface area contributed by atoms with Crippen molar-refractivity contribution >= 4 is 23.4 Å². The van der Waals surface area contributed by atoms with E-state index in [4.69, 9.17) is 10.5 Å². The van der Waals surface area contributed by atoms with Gasteiger partial charge in [0, 0.05) is 38.3 Å². The van der Waals surface area contributed by atoms with Crippen molar-refractivity contribution in [3.63, 3.8) is 0 Å². The maximum Gasteiger partial charge on any atom is 0.389 e. The summed E-state index contributed by atoms with van der Waals surface area (Å²) >= 11 is 0. The molecule has 0 aliphatic carbocycles. The summed E-state index contributed by atoms with van der Waals surface area (Å²) in [7, 11) is 0. The standard InChI is InChI=1S/C23H28F3N5O2/c1-15-2-3-18(28-22(32)31-5-4-16(14-31)13-23(24,25)26)12-19(15)17-10-20(27)29-21(11-17)30-6-8-33-9-7-30/h2-3,10-12,16H,4-9,13-14H2,1H3,(H2,27,29)(H,28,32)/t16-/m0/s1. The molecule has 2 fully saturated rings. The molecule has 0 bridgehead atoms. The zero-order valence-corrected chi connectivity index (χ0v) is 18.5. The van der Waals surface area contributed by atoms with E-state index in [1.165, 1.54) is 4.90 Å². The predicted octanol–water partition coefficient (Wildman–Crippen LogP) is 4.28. The molecular formula is C23H28F3N5O2. The Morgan fingerprint density at radius 1 is 1.21 bits per heavy atom. The molecule has 3 heterocycles. The minimum Gasteiger partial charge on any atom is -0.384 e. The van der Waals surface area contributed by atoms with Crippen LogP contribution in [-0.2, 0) is 4.74 Å². The van der Waals surface area contributed by atoms with Crippen LogP contribution in [0.25, 0.3) is 11.1 Å². The van der Waals surface area contributed by atoms with Gasteiger partial charge in [-0.2, -0.15) is 13.2 Å². The maximum atomic E-state index is 12.7. The highest BCUT2D eigenvalue weighted by atomic mass is 19.4. The van der Waals surface area contributed by atoms with Gasteiger partial charge in [-0.1, -0.05) is 6.07 Å². The molecule has 1 atom stereocenters. The average Bonchev–Trinajstić information content (AvgIpc) is 3.22. The number of carbonyl (C=O) groups is 1. The molecular weight excluding hydrogens is 435 g/mol. The van der Waals surface area contributed by atoms with E-state index in [0.717, 1.165) is 35.6 Å². The van der Waals surface area contributed by atoms with Crippen molar-refractivity contribution in [3.8, 4) is 11.1 Å². The molecule has 10 heteroatoms. The summed E-state index contributed by atoms with van der Waals surface area (Å²) in [6.45, 7) is 5.11. The molecule has 2 aromatic rings. The molecule has 1 aromatic carbocycles. The molecule has 0 unspecified atom stereocenters. The first-order chi connectivity index (χ1) is 15.7. The number of carbonyl (C=O) groups excluding carboxylic acids is 1. The predicted molar refractivity (Wildman–Crippen MR) is 121 cm³/mol.